The summed E-state index contributed by atoms with van der Waals surface area (Å²) in [6.07, 6.45) is 6.15. The van der Waals surface area contributed by atoms with E-state index in [1.807, 2.05) is 12.2 Å². The summed E-state index contributed by atoms with van der Waals surface area (Å²) in [6, 6.07) is 0.885. The number of aryl methyl sites for hydroxylation is 1. The molecule has 0 saturated carbocycles. The zero-order valence-electron chi connectivity index (χ0n) is 10.4. The van der Waals surface area contributed by atoms with Crippen molar-refractivity contribution in [3.05, 3.63) is 29.7 Å². The second-order valence-corrected chi connectivity index (χ2v) is 6.12. The van der Waals surface area contributed by atoms with Crippen LogP contribution in [0.5, 0.6) is 0 Å². The van der Waals surface area contributed by atoms with Crippen LogP contribution in [0.1, 0.15) is 35.6 Å². The van der Waals surface area contributed by atoms with Crippen LogP contribution in [0.25, 0.3) is 0 Å². The molecule has 1 aliphatic rings. The first-order valence-electron chi connectivity index (χ1n) is 5.91. The summed E-state index contributed by atoms with van der Waals surface area (Å²) >= 11 is 0. The second kappa shape index (κ2) is 5.18. The fraction of sp³-hybridized carbons (Fsp3) is 0.417. The summed E-state index contributed by atoms with van der Waals surface area (Å²) in [5.74, 6) is -1.58. The molecule has 7 heteroatoms. The predicted molar refractivity (Wildman–Crippen MR) is 67.5 cm³/mol. The minimum absolute atomic E-state index is 0.0799. The summed E-state index contributed by atoms with van der Waals surface area (Å²) in [6.45, 7) is 1.43. The highest BCUT2D eigenvalue weighted by molar-refractivity contribution is 7.89. The van der Waals surface area contributed by atoms with Gasteiger partial charge in [-0.1, -0.05) is 12.2 Å². The Hall–Kier alpha value is -1.60. The molecular formula is C12H15NO5S. The number of hydrogen-bond donors (Lipinski definition) is 2. The normalized spacial score (nSPS) is 19.5. The van der Waals surface area contributed by atoms with Crippen molar-refractivity contribution in [3.8, 4) is 0 Å². The number of rotatable bonds is 4. The summed E-state index contributed by atoms with van der Waals surface area (Å²) in [5, 5.41) is 8.79. The van der Waals surface area contributed by atoms with Gasteiger partial charge in [0, 0.05) is 12.1 Å². The minimum atomic E-state index is -3.74. The van der Waals surface area contributed by atoms with Crippen LogP contribution in [0.4, 0.5) is 0 Å². The number of allylic oxidation sites excluding steroid dienone is 1. The third kappa shape index (κ3) is 3.05. The van der Waals surface area contributed by atoms with E-state index >= 15 is 0 Å². The van der Waals surface area contributed by atoms with Gasteiger partial charge in [0.05, 0.1) is 0 Å². The molecule has 0 aromatic carbocycles. The summed E-state index contributed by atoms with van der Waals surface area (Å²) in [7, 11) is -3.74. The van der Waals surface area contributed by atoms with Crippen LogP contribution in [-0.2, 0) is 10.0 Å². The van der Waals surface area contributed by atoms with E-state index in [4.69, 9.17) is 9.52 Å². The maximum absolute atomic E-state index is 12.2. The van der Waals surface area contributed by atoms with E-state index in [0.29, 0.717) is 6.42 Å². The van der Waals surface area contributed by atoms with Crippen LogP contribution in [0.2, 0.25) is 0 Å². The lowest BCUT2D eigenvalue weighted by atomic mass is 10.0. The fourth-order valence-corrected chi connectivity index (χ4v) is 3.48. The van der Waals surface area contributed by atoms with Gasteiger partial charge in [0.1, 0.15) is 10.7 Å². The van der Waals surface area contributed by atoms with Crippen LogP contribution < -0.4 is 4.72 Å². The third-order valence-corrected chi connectivity index (χ3v) is 4.59. The maximum Gasteiger partial charge on any atom is 0.371 e. The molecule has 1 aromatic rings. The molecule has 0 fully saturated rings. The highest BCUT2D eigenvalue weighted by Gasteiger charge is 2.26. The molecule has 1 unspecified atom stereocenters. The first-order valence-corrected chi connectivity index (χ1v) is 7.39. The van der Waals surface area contributed by atoms with Crippen molar-refractivity contribution in [1.82, 2.24) is 4.72 Å². The lowest BCUT2D eigenvalue weighted by Crippen LogP contribution is -2.35. The van der Waals surface area contributed by atoms with Crippen molar-refractivity contribution in [3.63, 3.8) is 0 Å². The lowest BCUT2D eigenvalue weighted by Gasteiger charge is -2.18. The van der Waals surface area contributed by atoms with E-state index in [1.54, 1.807) is 0 Å². The molecule has 1 aromatic heterocycles. The molecule has 0 bridgehead atoms. The Morgan fingerprint density at radius 2 is 2.21 bits per heavy atom. The van der Waals surface area contributed by atoms with Crippen molar-refractivity contribution < 1.29 is 22.7 Å². The molecular weight excluding hydrogens is 270 g/mol. The van der Waals surface area contributed by atoms with Gasteiger partial charge in [0.2, 0.25) is 15.8 Å². The summed E-state index contributed by atoms with van der Waals surface area (Å²) in [4.78, 5) is 10.7. The Balaban J connectivity index is 2.24. The number of furan rings is 1. The maximum atomic E-state index is 12.2. The molecule has 2 rings (SSSR count). The number of hydrogen-bond acceptors (Lipinski definition) is 4. The molecule has 1 atom stereocenters. The quantitative estimate of drug-likeness (QED) is 0.820. The standard InChI is InChI=1S/C12H15NO5S/c1-8-11(7-10(18-8)12(14)15)19(16,17)13-9-5-3-2-4-6-9/h2-3,7,9,13H,4-6H2,1H3,(H,14,15). The topological polar surface area (TPSA) is 96.6 Å². The number of aromatic carboxylic acids is 1. The first kappa shape index (κ1) is 13.8. The minimum Gasteiger partial charge on any atom is -0.475 e. The average Bonchev–Trinajstić information content (AvgIpc) is 2.73. The molecule has 0 aliphatic heterocycles. The lowest BCUT2D eigenvalue weighted by molar-refractivity contribution is 0.0661. The Morgan fingerprint density at radius 1 is 1.47 bits per heavy atom. The van der Waals surface area contributed by atoms with Gasteiger partial charge in [-0.2, -0.15) is 0 Å². The third-order valence-electron chi connectivity index (χ3n) is 2.96. The van der Waals surface area contributed by atoms with Gasteiger partial charge in [-0.25, -0.2) is 17.9 Å². The van der Waals surface area contributed by atoms with Crippen molar-refractivity contribution in [2.75, 3.05) is 0 Å². The molecule has 19 heavy (non-hydrogen) atoms. The molecule has 1 heterocycles. The second-order valence-electron chi connectivity index (χ2n) is 4.44. The molecule has 0 radical (unpaired) electrons. The Labute approximate surface area is 111 Å². The van der Waals surface area contributed by atoms with E-state index in [1.165, 1.54) is 6.92 Å². The monoisotopic (exact) mass is 285 g/mol. The summed E-state index contributed by atoms with van der Waals surface area (Å²) in [5.41, 5.74) is 0. The van der Waals surface area contributed by atoms with E-state index < -0.39 is 16.0 Å². The highest BCUT2D eigenvalue weighted by Crippen LogP contribution is 2.21. The van der Waals surface area contributed by atoms with E-state index in [9.17, 15) is 13.2 Å². The van der Waals surface area contributed by atoms with Gasteiger partial charge in [-0.15, -0.1) is 0 Å². The number of sulfonamides is 1. The van der Waals surface area contributed by atoms with E-state index in [-0.39, 0.29) is 22.5 Å². The van der Waals surface area contributed by atoms with E-state index in [0.717, 1.165) is 18.9 Å². The van der Waals surface area contributed by atoms with Crippen LogP contribution in [-0.4, -0.2) is 25.5 Å². The van der Waals surface area contributed by atoms with Crippen LogP contribution in [0.15, 0.2) is 27.5 Å². The number of carbonyl (C=O) groups is 1. The van der Waals surface area contributed by atoms with Crippen LogP contribution >= 0.6 is 0 Å². The van der Waals surface area contributed by atoms with E-state index in [2.05, 4.69) is 4.72 Å². The first-order chi connectivity index (χ1) is 8.90. The SMILES string of the molecule is Cc1oc(C(=O)O)cc1S(=O)(=O)NC1CC=CCC1. The Morgan fingerprint density at radius 3 is 2.74 bits per heavy atom. The zero-order valence-corrected chi connectivity index (χ0v) is 11.2. The average molecular weight is 285 g/mol. The van der Waals surface area contributed by atoms with Crippen molar-refractivity contribution in [1.29, 1.82) is 0 Å². The van der Waals surface area contributed by atoms with Gasteiger partial charge in [-0.3, -0.25) is 0 Å². The highest BCUT2D eigenvalue weighted by atomic mass is 32.2. The van der Waals surface area contributed by atoms with Gasteiger partial charge in [0.25, 0.3) is 0 Å². The van der Waals surface area contributed by atoms with Crippen molar-refractivity contribution in [2.24, 2.45) is 0 Å². The van der Waals surface area contributed by atoms with Crippen molar-refractivity contribution in [2.45, 2.75) is 37.1 Å². The zero-order chi connectivity index (χ0) is 14.0. The van der Waals surface area contributed by atoms with Crippen LogP contribution in [0, 0.1) is 6.92 Å². The number of nitrogens with one attached hydrogen (secondary N) is 1. The number of carboxylic acids is 1. The molecule has 0 saturated heterocycles. The Kier molecular flexibility index (Phi) is 3.77. The molecule has 1 aliphatic carbocycles. The fourth-order valence-electron chi connectivity index (χ4n) is 2.02. The van der Waals surface area contributed by atoms with Gasteiger partial charge < -0.3 is 9.52 Å². The largest absolute Gasteiger partial charge is 0.475 e. The van der Waals surface area contributed by atoms with Gasteiger partial charge in [0.15, 0.2) is 0 Å². The smallest absolute Gasteiger partial charge is 0.371 e. The van der Waals surface area contributed by atoms with Crippen LogP contribution in [0.3, 0.4) is 0 Å². The van der Waals surface area contributed by atoms with Gasteiger partial charge >= 0.3 is 5.97 Å². The Bertz CT molecular complexity index is 614. The molecule has 6 nitrogen and oxygen atoms in total. The molecule has 0 spiro atoms. The molecule has 2 N–H and O–H groups in total. The summed E-state index contributed by atoms with van der Waals surface area (Å²) < 4.78 is 31.8. The predicted octanol–water partition coefficient (Wildman–Crippen LogP) is 1.67. The van der Waals surface area contributed by atoms with Gasteiger partial charge in [-0.05, 0) is 26.2 Å². The molecule has 104 valence electrons. The number of carboxylic acid groups (broad SMARTS) is 1. The van der Waals surface area contributed by atoms with Crippen molar-refractivity contribution >= 4 is 16.0 Å². The molecule has 0 amide bonds.